The predicted molar refractivity (Wildman–Crippen MR) is 73.6 cm³/mol. The second-order valence-electron chi connectivity index (χ2n) is 4.79. The molecule has 6 heteroatoms. The average molecular weight is 292 g/mol. The Balaban J connectivity index is 2.15. The topological polar surface area (TPSA) is 52.0 Å². The third kappa shape index (κ3) is 2.44. The first kappa shape index (κ1) is 13.5. The fourth-order valence-electron chi connectivity index (χ4n) is 2.07. The summed E-state index contributed by atoms with van der Waals surface area (Å²) in [4.78, 5) is 4.11. The standard InChI is InChI=1S/C15H11F3N2O/c1-8-2-4-11(19)10(6-8)14-20-12-7-9(15(16,17)18)3-5-13(12)21-14/h2-7H,19H2,1H3. The molecule has 108 valence electrons. The molecule has 0 saturated carbocycles. The van der Waals surface area contributed by atoms with Crippen LogP contribution in [0.5, 0.6) is 0 Å². The number of alkyl halides is 3. The van der Waals surface area contributed by atoms with Gasteiger partial charge >= 0.3 is 6.18 Å². The maximum atomic E-state index is 12.7. The first-order chi connectivity index (χ1) is 9.84. The van der Waals surface area contributed by atoms with Crippen LogP contribution in [0.1, 0.15) is 11.1 Å². The molecular formula is C15H11F3N2O. The maximum Gasteiger partial charge on any atom is 0.416 e. The Morgan fingerprint density at radius 1 is 1.10 bits per heavy atom. The van der Waals surface area contributed by atoms with E-state index in [4.69, 9.17) is 10.2 Å². The van der Waals surface area contributed by atoms with Gasteiger partial charge in [0.2, 0.25) is 5.89 Å². The summed E-state index contributed by atoms with van der Waals surface area (Å²) in [6, 6.07) is 8.53. The number of rotatable bonds is 1. The van der Waals surface area contributed by atoms with E-state index in [0.29, 0.717) is 16.8 Å². The molecule has 0 amide bonds. The SMILES string of the molecule is Cc1ccc(N)c(-c2nc3cc(C(F)(F)F)ccc3o2)c1. The molecule has 0 atom stereocenters. The van der Waals surface area contributed by atoms with Gasteiger partial charge in [-0.3, -0.25) is 0 Å². The average Bonchev–Trinajstić information content (AvgIpc) is 2.83. The molecule has 1 aromatic heterocycles. The zero-order valence-corrected chi connectivity index (χ0v) is 11.0. The lowest BCUT2D eigenvalue weighted by atomic mass is 10.1. The van der Waals surface area contributed by atoms with Gasteiger partial charge in [-0.1, -0.05) is 11.6 Å². The van der Waals surface area contributed by atoms with Gasteiger partial charge in [0.05, 0.1) is 11.1 Å². The van der Waals surface area contributed by atoms with Crippen molar-refractivity contribution in [3.05, 3.63) is 47.5 Å². The molecule has 0 bridgehead atoms. The minimum absolute atomic E-state index is 0.153. The lowest BCUT2D eigenvalue weighted by molar-refractivity contribution is -0.137. The van der Waals surface area contributed by atoms with Crippen molar-refractivity contribution in [3.8, 4) is 11.5 Å². The number of halogens is 3. The van der Waals surface area contributed by atoms with Gasteiger partial charge in [0.1, 0.15) is 5.52 Å². The van der Waals surface area contributed by atoms with Crippen LogP contribution < -0.4 is 5.73 Å². The van der Waals surface area contributed by atoms with Crippen molar-refractivity contribution in [3.63, 3.8) is 0 Å². The molecule has 3 nitrogen and oxygen atoms in total. The molecule has 21 heavy (non-hydrogen) atoms. The lowest BCUT2D eigenvalue weighted by Gasteiger charge is -2.04. The molecule has 3 aromatic rings. The number of benzene rings is 2. The summed E-state index contributed by atoms with van der Waals surface area (Å²) >= 11 is 0. The summed E-state index contributed by atoms with van der Waals surface area (Å²) in [6.45, 7) is 1.88. The first-order valence-corrected chi connectivity index (χ1v) is 6.19. The van der Waals surface area contributed by atoms with Crippen molar-refractivity contribution in [1.29, 1.82) is 0 Å². The van der Waals surface area contributed by atoms with E-state index in [9.17, 15) is 13.2 Å². The van der Waals surface area contributed by atoms with Gasteiger partial charge in [0.15, 0.2) is 5.58 Å². The van der Waals surface area contributed by atoms with Gasteiger partial charge < -0.3 is 10.2 Å². The van der Waals surface area contributed by atoms with Crippen LogP contribution in [0.15, 0.2) is 40.8 Å². The van der Waals surface area contributed by atoms with Crippen LogP contribution >= 0.6 is 0 Å². The van der Waals surface area contributed by atoms with Crippen LogP contribution in [-0.2, 0) is 6.18 Å². The molecule has 0 aliphatic rings. The van der Waals surface area contributed by atoms with Gasteiger partial charge in [-0.25, -0.2) is 4.98 Å². The van der Waals surface area contributed by atoms with Crippen molar-refractivity contribution in [1.82, 2.24) is 4.98 Å². The van der Waals surface area contributed by atoms with Gasteiger partial charge in [-0.15, -0.1) is 0 Å². The van der Waals surface area contributed by atoms with Crippen molar-refractivity contribution < 1.29 is 17.6 Å². The van der Waals surface area contributed by atoms with E-state index in [-0.39, 0.29) is 11.4 Å². The Hall–Kier alpha value is -2.50. The number of fused-ring (bicyclic) bond motifs is 1. The second kappa shape index (κ2) is 4.51. The van der Waals surface area contributed by atoms with Crippen LogP contribution in [0, 0.1) is 6.92 Å². The number of aromatic nitrogens is 1. The lowest BCUT2D eigenvalue weighted by Crippen LogP contribution is -2.03. The smallest absolute Gasteiger partial charge is 0.416 e. The molecule has 0 aliphatic heterocycles. The third-order valence-corrected chi connectivity index (χ3v) is 3.15. The zero-order valence-electron chi connectivity index (χ0n) is 11.0. The summed E-state index contributed by atoms with van der Waals surface area (Å²) in [7, 11) is 0. The van der Waals surface area contributed by atoms with Crippen LogP contribution in [0.3, 0.4) is 0 Å². The Kier molecular flexibility index (Phi) is 2.90. The van der Waals surface area contributed by atoms with Crippen molar-refractivity contribution in [2.45, 2.75) is 13.1 Å². The Morgan fingerprint density at radius 2 is 1.86 bits per heavy atom. The molecule has 2 N–H and O–H groups in total. The van der Waals surface area contributed by atoms with Crippen LogP contribution in [0.25, 0.3) is 22.6 Å². The van der Waals surface area contributed by atoms with E-state index >= 15 is 0 Å². The Bertz CT molecular complexity index is 821. The minimum Gasteiger partial charge on any atom is -0.436 e. The molecule has 3 rings (SSSR count). The quantitative estimate of drug-likeness (QED) is 0.676. The monoisotopic (exact) mass is 292 g/mol. The summed E-state index contributed by atoms with van der Waals surface area (Å²) in [5.41, 5.74) is 7.54. The first-order valence-electron chi connectivity index (χ1n) is 6.19. The highest BCUT2D eigenvalue weighted by atomic mass is 19.4. The van der Waals surface area contributed by atoms with Crippen LogP contribution in [-0.4, -0.2) is 4.98 Å². The highest BCUT2D eigenvalue weighted by Crippen LogP contribution is 2.34. The van der Waals surface area contributed by atoms with Crippen molar-refractivity contribution in [2.75, 3.05) is 5.73 Å². The number of oxazole rings is 1. The Labute approximate surface area is 118 Å². The highest BCUT2D eigenvalue weighted by Gasteiger charge is 2.31. The van der Waals surface area contributed by atoms with Gasteiger partial charge in [0, 0.05) is 5.69 Å². The second-order valence-corrected chi connectivity index (χ2v) is 4.79. The molecule has 0 radical (unpaired) electrons. The molecule has 0 fully saturated rings. The number of anilines is 1. The van der Waals surface area contributed by atoms with Crippen LogP contribution in [0.4, 0.5) is 18.9 Å². The molecule has 0 saturated heterocycles. The van der Waals surface area contributed by atoms with E-state index in [1.165, 1.54) is 6.07 Å². The molecule has 0 unspecified atom stereocenters. The number of nitrogens with zero attached hydrogens (tertiary/aromatic N) is 1. The zero-order chi connectivity index (χ0) is 15.2. The van der Waals surface area contributed by atoms with E-state index in [2.05, 4.69) is 4.98 Å². The summed E-state index contributed by atoms with van der Waals surface area (Å²) in [6.07, 6.45) is -4.41. The number of hydrogen-bond donors (Lipinski definition) is 1. The van der Waals surface area contributed by atoms with E-state index in [1.807, 2.05) is 13.0 Å². The van der Waals surface area contributed by atoms with Crippen molar-refractivity contribution >= 4 is 16.8 Å². The molecule has 1 heterocycles. The molecular weight excluding hydrogens is 281 g/mol. The van der Waals surface area contributed by atoms with E-state index in [0.717, 1.165) is 17.7 Å². The van der Waals surface area contributed by atoms with E-state index in [1.54, 1.807) is 12.1 Å². The fourth-order valence-corrected chi connectivity index (χ4v) is 2.07. The summed E-state index contributed by atoms with van der Waals surface area (Å²) in [5, 5.41) is 0. The Morgan fingerprint density at radius 3 is 2.57 bits per heavy atom. The normalized spacial score (nSPS) is 12.0. The predicted octanol–water partition coefficient (Wildman–Crippen LogP) is 4.40. The fraction of sp³-hybridized carbons (Fsp3) is 0.133. The summed E-state index contributed by atoms with van der Waals surface area (Å²) in [5.74, 6) is 0.213. The van der Waals surface area contributed by atoms with E-state index < -0.39 is 11.7 Å². The van der Waals surface area contributed by atoms with Crippen molar-refractivity contribution in [2.24, 2.45) is 0 Å². The molecule has 0 spiro atoms. The van der Waals surface area contributed by atoms with Gasteiger partial charge in [0.25, 0.3) is 0 Å². The minimum atomic E-state index is -4.41. The van der Waals surface area contributed by atoms with Crippen LogP contribution in [0.2, 0.25) is 0 Å². The molecule has 0 aliphatic carbocycles. The number of nitrogen functional groups attached to an aromatic ring is 1. The summed E-state index contributed by atoms with van der Waals surface area (Å²) < 4.78 is 43.6. The van der Waals surface area contributed by atoms with Gasteiger partial charge in [-0.2, -0.15) is 13.2 Å². The highest BCUT2D eigenvalue weighted by molar-refractivity contribution is 5.80. The molecule has 2 aromatic carbocycles. The third-order valence-electron chi connectivity index (χ3n) is 3.15. The largest absolute Gasteiger partial charge is 0.436 e. The number of hydrogen-bond acceptors (Lipinski definition) is 3. The number of aryl methyl sites for hydroxylation is 1. The van der Waals surface area contributed by atoms with Gasteiger partial charge in [-0.05, 0) is 37.3 Å². The number of nitrogens with two attached hydrogens (primary N) is 1. The maximum absolute atomic E-state index is 12.7.